The van der Waals surface area contributed by atoms with E-state index in [1.54, 1.807) is 0 Å². The zero-order chi connectivity index (χ0) is 24.6. The topological polar surface area (TPSA) is 82.5 Å². The summed E-state index contributed by atoms with van der Waals surface area (Å²) in [6, 6.07) is 9.53. The minimum Gasteiger partial charge on any atom is -0.490 e. The number of halogens is 2. The van der Waals surface area contributed by atoms with E-state index in [0.717, 1.165) is 49.7 Å². The van der Waals surface area contributed by atoms with Crippen LogP contribution >= 0.6 is 11.6 Å². The second kappa shape index (κ2) is 9.93. The fourth-order valence-corrected chi connectivity index (χ4v) is 5.45. The smallest absolute Gasteiger partial charge is 0.257 e. The maximum absolute atomic E-state index is 13.9. The number of aliphatic hydroxyl groups is 2. The number of ether oxygens (including phenoxy) is 2. The zero-order valence-corrected chi connectivity index (χ0v) is 20.2. The SMILES string of the molecule is O=C(c1cc(F)ccc1OC[C@H](O)CN1CCC2(CC1)Cc1cc(Cl)ccc1O2)N1CC[C@H](O)C1. The predicted molar refractivity (Wildman–Crippen MR) is 129 cm³/mol. The van der Waals surface area contributed by atoms with E-state index in [1.807, 2.05) is 18.2 Å². The Morgan fingerprint density at radius 1 is 1.23 bits per heavy atom. The van der Waals surface area contributed by atoms with Gasteiger partial charge in [-0.3, -0.25) is 4.79 Å². The molecule has 0 aromatic heterocycles. The van der Waals surface area contributed by atoms with E-state index in [4.69, 9.17) is 21.1 Å². The number of rotatable bonds is 6. The van der Waals surface area contributed by atoms with Crippen molar-refractivity contribution in [2.45, 2.75) is 43.5 Å². The Bertz CT molecular complexity index is 1090. The number of amides is 1. The lowest BCUT2D eigenvalue weighted by Gasteiger charge is -2.39. The van der Waals surface area contributed by atoms with Gasteiger partial charge in [-0.2, -0.15) is 0 Å². The normalized spacial score (nSPS) is 22.2. The molecule has 3 aliphatic rings. The Morgan fingerprint density at radius 2 is 2.03 bits per heavy atom. The van der Waals surface area contributed by atoms with Crippen molar-refractivity contribution in [3.63, 3.8) is 0 Å². The van der Waals surface area contributed by atoms with Crippen LogP contribution in [-0.4, -0.2) is 83.1 Å². The summed E-state index contributed by atoms with van der Waals surface area (Å²) in [6.07, 6.45) is 1.71. The van der Waals surface area contributed by atoms with Crippen LogP contribution in [-0.2, 0) is 6.42 Å². The lowest BCUT2D eigenvalue weighted by atomic mass is 9.87. The van der Waals surface area contributed by atoms with Crippen LogP contribution in [0.3, 0.4) is 0 Å². The van der Waals surface area contributed by atoms with Gasteiger partial charge in [0.25, 0.3) is 5.91 Å². The highest BCUT2D eigenvalue weighted by Crippen LogP contribution is 2.42. The fourth-order valence-electron chi connectivity index (χ4n) is 5.25. The van der Waals surface area contributed by atoms with Crippen molar-refractivity contribution < 1.29 is 28.9 Å². The molecule has 9 heteroatoms. The molecule has 5 rings (SSSR count). The van der Waals surface area contributed by atoms with Crippen molar-refractivity contribution in [3.8, 4) is 11.5 Å². The lowest BCUT2D eigenvalue weighted by Crippen LogP contribution is -2.49. The molecule has 1 amide bonds. The van der Waals surface area contributed by atoms with Crippen LogP contribution in [0.1, 0.15) is 35.2 Å². The number of piperidine rings is 1. The van der Waals surface area contributed by atoms with Crippen molar-refractivity contribution in [1.29, 1.82) is 0 Å². The molecule has 2 aromatic carbocycles. The lowest BCUT2D eigenvalue weighted by molar-refractivity contribution is -0.00202. The Hall–Kier alpha value is -2.39. The third-order valence-electron chi connectivity index (χ3n) is 7.15. The molecule has 0 bridgehead atoms. The Kier molecular flexibility index (Phi) is 6.90. The molecule has 7 nitrogen and oxygen atoms in total. The molecular weight excluding hydrogens is 475 g/mol. The highest BCUT2D eigenvalue weighted by molar-refractivity contribution is 6.30. The van der Waals surface area contributed by atoms with E-state index in [9.17, 15) is 19.4 Å². The van der Waals surface area contributed by atoms with Gasteiger partial charge in [-0.1, -0.05) is 11.6 Å². The van der Waals surface area contributed by atoms with Crippen LogP contribution in [0, 0.1) is 5.82 Å². The molecule has 188 valence electrons. The van der Waals surface area contributed by atoms with Crippen LogP contribution in [0.2, 0.25) is 5.02 Å². The van der Waals surface area contributed by atoms with E-state index in [-0.39, 0.29) is 36.0 Å². The first kappa shape index (κ1) is 24.3. The van der Waals surface area contributed by atoms with Crippen molar-refractivity contribution in [2.75, 3.05) is 39.3 Å². The van der Waals surface area contributed by atoms with E-state index in [2.05, 4.69) is 4.90 Å². The fraction of sp³-hybridized carbons (Fsp3) is 0.500. The molecule has 0 saturated carbocycles. The summed E-state index contributed by atoms with van der Waals surface area (Å²) in [5.74, 6) is 0.210. The third-order valence-corrected chi connectivity index (χ3v) is 7.39. The number of β-amino-alcohol motifs (C(OH)–C–C–N with tert-alkyl or cyclic N) is 2. The number of hydrogen-bond acceptors (Lipinski definition) is 6. The Morgan fingerprint density at radius 3 is 2.77 bits per heavy atom. The molecule has 2 atom stereocenters. The van der Waals surface area contributed by atoms with Gasteiger partial charge in [-0.05, 0) is 48.4 Å². The molecule has 0 aliphatic carbocycles. The number of benzene rings is 2. The van der Waals surface area contributed by atoms with Crippen LogP contribution in [0.25, 0.3) is 0 Å². The molecule has 1 spiro atoms. The number of hydrogen-bond donors (Lipinski definition) is 2. The third kappa shape index (κ3) is 5.40. The second-order valence-corrected chi connectivity index (χ2v) is 10.2. The van der Waals surface area contributed by atoms with Gasteiger partial charge in [-0.15, -0.1) is 0 Å². The van der Waals surface area contributed by atoms with Crippen molar-refractivity contribution in [3.05, 3.63) is 58.4 Å². The molecule has 3 heterocycles. The number of likely N-dealkylation sites (tertiary alicyclic amines) is 2. The Labute approximate surface area is 209 Å². The van der Waals surface area contributed by atoms with Gasteiger partial charge in [0.15, 0.2) is 0 Å². The van der Waals surface area contributed by atoms with Gasteiger partial charge in [0, 0.05) is 57.0 Å². The first-order chi connectivity index (χ1) is 16.8. The van der Waals surface area contributed by atoms with Gasteiger partial charge < -0.3 is 29.5 Å². The highest BCUT2D eigenvalue weighted by atomic mass is 35.5. The standard InChI is InChI=1S/C26H30ClFN2O5/c27-18-1-3-23-17(11-18)13-26(35-23)6-9-29(10-7-26)14-21(32)16-34-24-4-2-19(28)12-22(24)25(33)30-8-5-20(31)15-30/h1-4,11-12,20-21,31-32H,5-10,13-16H2/t20-,21+/m0/s1. The first-order valence-electron chi connectivity index (χ1n) is 12.1. The summed E-state index contributed by atoms with van der Waals surface area (Å²) in [4.78, 5) is 16.5. The molecular formula is C26H30ClFN2O5. The maximum atomic E-state index is 13.9. The maximum Gasteiger partial charge on any atom is 0.257 e. The van der Waals surface area contributed by atoms with Gasteiger partial charge in [0.1, 0.15) is 35.6 Å². The summed E-state index contributed by atoms with van der Waals surface area (Å²) in [5, 5.41) is 21.0. The van der Waals surface area contributed by atoms with Crippen LogP contribution < -0.4 is 9.47 Å². The number of aliphatic hydroxyl groups excluding tert-OH is 2. The second-order valence-electron chi connectivity index (χ2n) is 9.81. The first-order valence-corrected chi connectivity index (χ1v) is 12.5. The number of carbonyl (C=O) groups excluding carboxylic acids is 1. The van der Waals surface area contributed by atoms with E-state index < -0.39 is 18.0 Å². The average Bonchev–Trinajstić information content (AvgIpc) is 3.42. The molecule has 2 fully saturated rings. The summed E-state index contributed by atoms with van der Waals surface area (Å²) in [7, 11) is 0. The van der Waals surface area contributed by atoms with E-state index >= 15 is 0 Å². The number of fused-ring (bicyclic) bond motifs is 1. The predicted octanol–water partition coefficient (Wildman–Crippen LogP) is 2.90. The van der Waals surface area contributed by atoms with Gasteiger partial charge >= 0.3 is 0 Å². The van der Waals surface area contributed by atoms with E-state index in [0.29, 0.717) is 24.5 Å². The molecule has 0 radical (unpaired) electrons. The van der Waals surface area contributed by atoms with Crippen molar-refractivity contribution >= 4 is 17.5 Å². The summed E-state index contributed by atoms with van der Waals surface area (Å²) < 4.78 is 25.9. The van der Waals surface area contributed by atoms with E-state index in [1.165, 1.54) is 17.0 Å². The molecule has 2 N–H and O–H groups in total. The highest BCUT2D eigenvalue weighted by Gasteiger charge is 2.42. The number of carbonyl (C=O) groups is 1. The Balaban J connectivity index is 1.13. The monoisotopic (exact) mass is 504 g/mol. The van der Waals surface area contributed by atoms with Crippen LogP contribution in [0.15, 0.2) is 36.4 Å². The van der Waals surface area contributed by atoms with Crippen LogP contribution in [0.5, 0.6) is 11.5 Å². The number of nitrogens with zero attached hydrogens (tertiary/aromatic N) is 2. The van der Waals surface area contributed by atoms with Crippen molar-refractivity contribution in [2.24, 2.45) is 0 Å². The summed E-state index contributed by atoms with van der Waals surface area (Å²) in [6.45, 7) is 2.62. The molecule has 2 saturated heterocycles. The van der Waals surface area contributed by atoms with Crippen LogP contribution in [0.4, 0.5) is 4.39 Å². The molecule has 2 aromatic rings. The molecule has 0 unspecified atom stereocenters. The minimum atomic E-state index is -0.772. The largest absolute Gasteiger partial charge is 0.490 e. The summed E-state index contributed by atoms with van der Waals surface area (Å²) >= 11 is 6.13. The van der Waals surface area contributed by atoms with Gasteiger partial charge in [0.2, 0.25) is 0 Å². The van der Waals surface area contributed by atoms with Gasteiger partial charge in [-0.25, -0.2) is 4.39 Å². The quantitative estimate of drug-likeness (QED) is 0.629. The van der Waals surface area contributed by atoms with Gasteiger partial charge in [0.05, 0.1) is 11.7 Å². The molecule has 35 heavy (non-hydrogen) atoms. The summed E-state index contributed by atoms with van der Waals surface area (Å²) in [5.41, 5.74) is 1.04. The van der Waals surface area contributed by atoms with Crippen molar-refractivity contribution in [1.82, 2.24) is 9.80 Å². The minimum absolute atomic E-state index is 0.0172. The molecule has 3 aliphatic heterocycles. The zero-order valence-electron chi connectivity index (χ0n) is 19.5. The average molecular weight is 505 g/mol.